The molecule has 4 heterocycles. The lowest BCUT2D eigenvalue weighted by Crippen LogP contribution is -2.61. The number of methoxy groups -OCH3 is 2. The molecule has 3 saturated heterocycles. The number of ketones is 1. The predicted octanol–water partition coefficient (Wildman–Crippen LogP) is 4.80. The number of pyridine rings is 1. The van der Waals surface area contributed by atoms with Gasteiger partial charge in [0.1, 0.15) is 34.8 Å². The van der Waals surface area contributed by atoms with Gasteiger partial charge in [-0.25, -0.2) is 4.79 Å². The number of Topliss-reactive ketones (excluding diaryl/α,β-unsaturated/α-hetero) is 1. The number of likely N-dealkylation sites (N-methyl/N-ethyl adjacent to an activating group) is 1. The van der Waals surface area contributed by atoms with E-state index in [0.29, 0.717) is 42.7 Å². The molecule has 3 aliphatic heterocycles. The summed E-state index contributed by atoms with van der Waals surface area (Å²) in [7, 11) is 6.72. The van der Waals surface area contributed by atoms with Crippen LogP contribution in [-0.4, -0.2) is 185 Å². The number of esters is 2. The minimum atomic E-state index is -2.03. The number of nitrogens with one attached hydrogen (secondary N) is 1. The van der Waals surface area contributed by atoms with Gasteiger partial charge in [0, 0.05) is 86.3 Å². The number of aliphatic hydroxyl groups excluding tert-OH is 2. The van der Waals surface area contributed by atoms with Gasteiger partial charge >= 0.3 is 17.9 Å². The summed E-state index contributed by atoms with van der Waals surface area (Å²) >= 11 is 1.49. The van der Waals surface area contributed by atoms with Crippen LogP contribution in [0.2, 0.25) is 0 Å². The topological polar surface area (TPSA) is 260 Å². The number of rotatable bonds is 18. The van der Waals surface area contributed by atoms with Crippen LogP contribution in [0.25, 0.3) is 10.9 Å². The second-order valence-electron chi connectivity index (χ2n) is 22.1. The number of nitrogens with zero attached hydrogens (tertiary/aromatic N) is 2. The number of aromatic carboxylic acids is 1. The van der Waals surface area contributed by atoms with E-state index in [1.54, 1.807) is 52.2 Å². The average Bonchev–Trinajstić information content (AvgIpc) is 3.37. The first-order valence-corrected chi connectivity index (χ1v) is 27.7. The highest BCUT2D eigenvalue weighted by Gasteiger charge is 2.55. The number of aromatic nitrogens is 1. The van der Waals surface area contributed by atoms with Crippen LogP contribution in [0.3, 0.4) is 0 Å². The van der Waals surface area contributed by atoms with Crippen LogP contribution in [0.5, 0.6) is 0 Å². The second kappa shape index (κ2) is 26.6. The molecule has 1 aromatic carbocycles. The Morgan fingerprint density at radius 3 is 2.17 bits per heavy atom. The molecule has 0 amide bonds. The van der Waals surface area contributed by atoms with E-state index in [1.165, 1.54) is 46.0 Å². The third-order valence-corrected chi connectivity index (χ3v) is 17.2. The van der Waals surface area contributed by atoms with Gasteiger partial charge in [-0.05, 0) is 100 Å². The Kier molecular flexibility index (Phi) is 22.1. The van der Waals surface area contributed by atoms with Gasteiger partial charge in [-0.1, -0.05) is 27.7 Å². The van der Waals surface area contributed by atoms with Crippen molar-refractivity contribution in [2.75, 3.05) is 47.2 Å². The highest BCUT2D eigenvalue weighted by atomic mass is 32.2. The van der Waals surface area contributed by atoms with Gasteiger partial charge in [-0.2, -0.15) is 0 Å². The van der Waals surface area contributed by atoms with Crippen molar-refractivity contribution in [2.24, 2.45) is 23.7 Å². The van der Waals surface area contributed by atoms with Gasteiger partial charge in [-0.3, -0.25) is 19.2 Å². The number of hydrogen-bond acceptors (Lipinski definition) is 19. The average molecular weight is 1090 g/mol. The number of carboxylic acids is 1. The lowest BCUT2D eigenvalue weighted by Gasteiger charge is -2.50. The normalized spacial score (nSPS) is 37.2. The number of carbonyl (C=O) groups is 4. The van der Waals surface area contributed by atoms with Crippen molar-refractivity contribution >= 4 is 46.4 Å². The highest BCUT2D eigenvalue weighted by molar-refractivity contribution is 7.99. The van der Waals surface area contributed by atoms with Gasteiger partial charge in [0.05, 0.1) is 54.0 Å². The zero-order chi connectivity index (χ0) is 56.8. The van der Waals surface area contributed by atoms with Crippen LogP contribution in [0.1, 0.15) is 119 Å². The van der Waals surface area contributed by atoms with Gasteiger partial charge in [0.15, 0.2) is 18.7 Å². The van der Waals surface area contributed by atoms with E-state index >= 15 is 0 Å². The molecule has 76 heavy (non-hydrogen) atoms. The molecule has 21 heteroatoms. The third-order valence-electron chi connectivity index (χ3n) is 16.2. The van der Waals surface area contributed by atoms with Gasteiger partial charge in [0.2, 0.25) is 5.43 Å². The number of carboxylic acid groups (broad SMARTS) is 1. The molecule has 5 rings (SSSR count). The zero-order valence-corrected chi connectivity index (χ0v) is 48.0. The van der Waals surface area contributed by atoms with E-state index in [-0.39, 0.29) is 49.2 Å². The van der Waals surface area contributed by atoms with E-state index in [4.69, 9.17) is 37.9 Å². The van der Waals surface area contributed by atoms with E-state index < -0.39 is 119 Å². The fourth-order valence-corrected chi connectivity index (χ4v) is 12.3. The first-order valence-electron chi connectivity index (χ1n) is 26.7. The molecule has 0 radical (unpaired) electrons. The number of ether oxygens (including phenoxy) is 8. The number of thioether (sulfide) groups is 1. The first kappa shape index (κ1) is 63.3. The molecule has 3 aliphatic rings. The summed E-state index contributed by atoms with van der Waals surface area (Å²) in [5.41, 5.74) is -4.68. The Morgan fingerprint density at radius 2 is 1.57 bits per heavy atom. The monoisotopic (exact) mass is 1090 g/mol. The summed E-state index contributed by atoms with van der Waals surface area (Å²) < 4.78 is 53.0. The van der Waals surface area contributed by atoms with Crippen LogP contribution in [0.15, 0.2) is 34.1 Å². The lowest BCUT2D eigenvalue weighted by molar-refractivity contribution is -0.320. The van der Waals surface area contributed by atoms with E-state index in [1.807, 2.05) is 51.9 Å². The summed E-state index contributed by atoms with van der Waals surface area (Å²) in [6.07, 6.45) is -8.22. The summed E-state index contributed by atoms with van der Waals surface area (Å²) in [6.45, 7) is 20.2. The van der Waals surface area contributed by atoms with Crippen LogP contribution in [0.4, 0.5) is 0 Å². The Labute approximate surface area is 452 Å². The number of aryl methyl sites for hydroxylation is 1. The summed E-state index contributed by atoms with van der Waals surface area (Å²) in [5.74, 6) is -6.02. The molecule has 0 bridgehead atoms. The van der Waals surface area contributed by atoms with Crippen molar-refractivity contribution in [3.8, 4) is 0 Å². The lowest BCUT2D eigenvalue weighted by atomic mass is 9.74. The molecular formula is C55H87N3O17S. The molecule has 0 unspecified atom stereocenters. The number of hydrogen-bond donors (Lipinski definition) is 5. The summed E-state index contributed by atoms with van der Waals surface area (Å²) in [5, 5.41) is 48.4. The molecule has 5 N–H and O–H groups in total. The molecular weight excluding hydrogens is 1010 g/mol. The van der Waals surface area contributed by atoms with Crippen LogP contribution in [0, 0.1) is 23.7 Å². The maximum Gasteiger partial charge on any atom is 0.341 e. The van der Waals surface area contributed by atoms with Gasteiger partial charge in [0.25, 0.3) is 0 Å². The van der Waals surface area contributed by atoms with Crippen LogP contribution >= 0.6 is 11.8 Å². The number of carbonyl (C=O) groups excluding carboxylic acids is 3. The molecule has 18 atom stereocenters. The van der Waals surface area contributed by atoms with Crippen molar-refractivity contribution < 1.29 is 77.5 Å². The predicted molar refractivity (Wildman–Crippen MR) is 284 cm³/mol. The maximum absolute atomic E-state index is 14.6. The second-order valence-corrected chi connectivity index (χ2v) is 23.3. The minimum Gasteiger partial charge on any atom is -0.477 e. The van der Waals surface area contributed by atoms with Crippen molar-refractivity contribution in [3.05, 3.63) is 40.2 Å². The van der Waals surface area contributed by atoms with E-state index in [9.17, 15) is 44.4 Å². The molecule has 3 fully saturated rings. The van der Waals surface area contributed by atoms with Crippen molar-refractivity contribution in [1.82, 2.24) is 14.8 Å². The first-order chi connectivity index (χ1) is 35.6. The Morgan fingerprint density at radius 1 is 0.908 bits per heavy atom. The van der Waals surface area contributed by atoms with Crippen LogP contribution < -0.4 is 10.7 Å². The number of cyclic esters (lactones) is 1. The molecule has 0 aliphatic carbocycles. The van der Waals surface area contributed by atoms with Crippen molar-refractivity contribution in [2.45, 2.75) is 204 Å². The van der Waals surface area contributed by atoms with E-state index in [2.05, 4.69) is 5.32 Å². The zero-order valence-electron chi connectivity index (χ0n) is 47.2. The van der Waals surface area contributed by atoms with E-state index in [0.717, 1.165) is 4.90 Å². The molecule has 430 valence electrons. The van der Waals surface area contributed by atoms with Crippen molar-refractivity contribution in [1.29, 1.82) is 0 Å². The number of aliphatic hydroxyl groups is 3. The van der Waals surface area contributed by atoms with Gasteiger partial charge in [-0.15, -0.1) is 11.8 Å². The number of fused-ring (bicyclic) bond motifs is 1. The molecule has 0 spiro atoms. The molecule has 2 aromatic rings. The Hall–Kier alpha value is -3.58. The fourth-order valence-electron chi connectivity index (χ4n) is 11.4. The Bertz CT molecular complexity index is 2370. The summed E-state index contributed by atoms with van der Waals surface area (Å²) in [6, 6.07) is 5.07. The minimum absolute atomic E-state index is 0.0241. The molecule has 1 aromatic heterocycles. The fraction of sp³-hybridized carbons (Fsp3) is 0.764. The smallest absolute Gasteiger partial charge is 0.341 e. The maximum atomic E-state index is 14.6. The summed E-state index contributed by atoms with van der Waals surface area (Å²) in [4.78, 5) is 69.7. The SMILES string of the molecule is CC[C@H]1OC(=O)[C@H](C)[C@@H](O[C@H]2C[C@@](C)(OC)[C@@H](OC(=O)CCNCCSc3ccc4c(c3)c(=O)c(C(=O)O)cn4CC)[C@H](C)O2)[C@H](C)[C@@H](O[C@@H]2O[C@H](C)C[C@H](N(C)C)[C@H]2O)[C@](C)(OC)C[C@@H](C)C(=O)[C@H](C)[C@@H](O)[C@]1(C)O. The largest absolute Gasteiger partial charge is 0.477 e. The Balaban J connectivity index is 1.35. The molecule has 0 saturated carbocycles. The highest BCUT2D eigenvalue weighted by Crippen LogP contribution is 2.42. The number of benzene rings is 1. The van der Waals surface area contributed by atoms with Gasteiger partial charge < -0.3 is 73.1 Å². The van der Waals surface area contributed by atoms with Crippen LogP contribution in [-0.2, 0) is 58.8 Å². The standard InChI is InChI=1S/C55H87N3O17S/c1-16-40-55(11,67)47(63)31(5)43(60)29(3)26-53(9,68-14)48(75-52-45(62)39(57(12)13)24-30(4)70-52)32(6)46(33(7)51(66)72-40)74-42-27-54(10,69-15)49(34(8)71-42)73-41(59)20-21-56-22-23-76-35-18-19-38-36(25-35)44(61)37(50(64)65)28-58(38)17-2/h18-19,25,28-34,39-40,42,45-49,52,56,62-63,67H,16-17,20-24,26-27H2,1-15H3,(H,64,65)/t29-,30-,31+,32+,33-,34+,39+,40-,42+,45-,46+,47-,48-,49+,52+,53-,54-,55-/m1/s1. The third kappa shape index (κ3) is 14.2. The van der Waals surface area contributed by atoms with Crippen molar-refractivity contribution in [3.63, 3.8) is 0 Å². The molecule has 20 nitrogen and oxygen atoms in total. The quantitative estimate of drug-likeness (QED) is 0.0763.